The van der Waals surface area contributed by atoms with Crippen LogP contribution in [0.3, 0.4) is 0 Å². The molecule has 1 N–H and O–H groups in total. The molecule has 1 aromatic rings. The Morgan fingerprint density at radius 1 is 1.32 bits per heavy atom. The van der Waals surface area contributed by atoms with Gasteiger partial charge in [-0.1, -0.05) is 13.8 Å². The SMILES string of the molecule is CC(C)[C@@H](NC(=O)c1ccoc1)C(=O)OC(C)(C)C. The van der Waals surface area contributed by atoms with Gasteiger partial charge in [-0.3, -0.25) is 4.79 Å². The van der Waals surface area contributed by atoms with E-state index >= 15 is 0 Å². The Bertz CT molecular complexity index is 429. The maximum absolute atomic E-state index is 12.0. The number of hydrogen-bond donors (Lipinski definition) is 1. The minimum absolute atomic E-state index is 0.0642. The van der Waals surface area contributed by atoms with E-state index in [2.05, 4.69) is 5.32 Å². The average Bonchev–Trinajstić information content (AvgIpc) is 2.75. The van der Waals surface area contributed by atoms with Crippen LogP contribution in [-0.4, -0.2) is 23.5 Å². The van der Waals surface area contributed by atoms with Crippen LogP contribution >= 0.6 is 0 Å². The monoisotopic (exact) mass is 267 g/mol. The Hall–Kier alpha value is -1.78. The smallest absolute Gasteiger partial charge is 0.329 e. The first-order chi connectivity index (χ1) is 8.70. The van der Waals surface area contributed by atoms with Crippen LogP contribution in [0.5, 0.6) is 0 Å². The summed E-state index contributed by atoms with van der Waals surface area (Å²) in [5, 5.41) is 2.67. The Kier molecular flexibility index (Phi) is 4.75. The highest BCUT2D eigenvalue weighted by Gasteiger charge is 2.29. The molecule has 5 nitrogen and oxygen atoms in total. The van der Waals surface area contributed by atoms with Gasteiger partial charge in [-0.05, 0) is 32.8 Å². The number of furan rings is 1. The third-order valence-electron chi connectivity index (χ3n) is 2.40. The molecule has 0 bridgehead atoms. The number of hydrogen-bond acceptors (Lipinski definition) is 4. The van der Waals surface area contributed by atoms with Gasteiger partial charge < -0.3 is 14.5 Å². The van der Waals surface area contributed by atoms with E-state index in [-0.39, 0.29) is 11.8 Å². The standard InChI is InChI=1S/C14H21NO4/c1-9(2)11(13(17)19-14(3,4)5)15-12(16)10-6-7-18-8-10/h6-9,11H,1-5H3,(H,15,16)/t11-/m1/s1. The van der Waals surface area contributed by atoms with Crippen molar-refractivity contribution >= 4 is 11.9 Å². The highest BCUT2D eigenvalue weighted by Crippen LogP contribution is 2.13. The zero-order chi connectivity index (χ0) is 14.6. The second-order valence-electron chi connectivity index (χ2n) is 5.74. The third kappa shape index (κ3) is 4.77. The molecule has 1 heterocycles. The van der Waals surface area contributed by atoms with E-state index in [1.807, 2.05) is 13.8 Å². The van der Waals surface area contributed by atoms with E-state index in [1.165, 1.54) is 12.5 Å². The zero-order valence-corrected chi connectivity index (χ0v) is 12.0. The van der Waals surface area contributed by atoms with Crippen molar-refractivity contribution in [2.45, 2.75) is 46.3 Å². The normalized spacial score (nSPS) is 13.2. The van der Waals surface area contributed by atoms with Crippen LogP contribution in [0.15, 0.2) is 23.0 Å². The number of rotatable bonds is 4. The lowest BCUT2D eigenvalue weighted by Crippen LogP contribution is -2.47. The fraction of sp³-hybridized carbons (Fsp3) is 0.571. The van der Waals surface area contributed by atoms with E-state index in [9.17, 15) is 9.59 Å². The van der Waals surface area contributed by atoms with Crippen molar-refractivity contribution in [1.82, 2.24) is 5.32 Å². The predicted molar refractivity (Wildman–Crippen MR) is 70.6 cm³/mol. The molecule has 0 radical (unpaired) electrons. The summed E-state index contributed by atoms with van der Waals surface area (Å²) >= 11 is 0. The quantitative estimate of drug-likeness (QED) is 0.850. The van der Waals surface area contributed by atoms with Crippen LogP contribution in [0.25, 0.3) is 0 Å². The summed E-state index contributed by atoms with van der Waals surface area (Å²) in [7, 11) is 0. The van der Waals surface area contributed by atoms with Gasteiger partial charge >= 0.3 is 5.97 Å². The van der Waals surface area contributed by atoms with Crippen molar-refractivity contribution in [3.8, 4) is 0 Å². The molecule has 0 spiro atoms. The van der Waals surface area contributed by atoms with Gasteiger partial charge in [-0.2, -0.15) is 0 Å². The first-order valence-corrected chi connectivity index (χ1v) is 6.26. The Morgan fingerprint density at radius 2 is 1.95 bits per heavy atom. The molecule has 0 aromatic carbocycles. The third-order valence-corrected chi connectivity index (χ3v) is 2.40. The minimum Gasteiger partial charge on any atom is -0.472 e. The van der Waals surface area contributed by atoms with Crippen LogP contribution in [-0.2, 0) is 9.53 Å². The second kappa shape index (κ2) is 5.91. The summed E-state index contributed by atoms with van der Waals surface area (Å²) in [5.74, 6) is -0.844. The minimum atomic E-state index is -0.679. The molecule has 0 aliphatic heterocycles. The molecule has 0 aliphatic rings. The summed E-state index contributed by atoms with van der Waals surface area (Å²) < 4.78 is 10.1. The summed E-state index contributed by atoms with van der Waals surface area (Å²) in [6.07, 6.45) is 2.74. The van der Waals surface area contributed by atoms with Crippen LogP contribution in [0.4, 0.5) is 0 Å². The fourth-order valence-electron chi connectivity index (χ4n) is 1.48. The molecule has 0 fully saturated rings. The van der Waals surface area contributed by atoms with Gasteiger partial charge in [0.2, 0.25) is 0 Å². The molecule has 1 atom stereocenters. The van der Waals surface area contributed by atoms with E-state index in [0.717, 1.165) is 0 Å². The van der Waals surface area contributed by atoms with Crippen LogP contribution < -0.4 is 5.32 Å². The Labute approximate surface area is 113 Å². The number of carbonyl (C=O) groups is 2. The van der Waals surface area contributed by atoms with Gasteiger partial charge in [-0.25, -0.2) is 4.79 Å². The zero-order valence-electron chi connectivity index (χ0n) is 12.0. The molecule has 1 rings (SSSR count). The molecule has 1 aromatic heterocycles. The first kappa shape index (κ1) is 15.3. The lowest BCUT2D eigenvalue weighted by atomic mass is 10.0. The van der Waals surface area contributed by atoms with Gasteiger partial charge in [0, 0.05) is 0 Å². The summed E-state index contributed by atoms with van der Waals surface area (Å²) in [4.78, 5) is 24.0. The molecular formula is C14H21NO4. The number of nitrogens with one attached hydrogen (secondary N) is 1. The van der Waals surface area contributed by atoms with E-state index in [4.69, 9.17) is 9.15 Å². The van der Waals surface area contributed by atoms with Crippen molar-refractivity contribution in [3.05, 3.63) is 24.2 Å². The summed E-state index contributed by atoms with van der Waals surface area (Å²) in [5.41, 5.74) is -0.195. The molecular weight excluding hydrogens is 246 g/mol. The molecule has 1 amide bonds. The molecule has 5 heteroatoms. The lowest BCUT2D eigenvalue weighted by molar-refractivity contribution is -0.158. The maximum atomic E-state index is 12.0. The van der Waals surface area contributed by atoms with Gasteiger partial charge in [0.15, 0.2) is 0 Å². The van der Waals surface area contributed by atoms with Crippen molar-refractivity contribution < 1.29 is 18.7 Å². The molecule has 19 heavy (non-hydrogen) atoms. The Balaban J connectivity index is 2.73. The van der Waals surface area contributed by atoms with Crippen LogP contribution in [0.1, 0.15) is 45.0 Å². The van der Waals surface area contributed by atoms with Crippen molar-refractivity contribution in [3.63, 3.8) is 0 Å². The molecule has 106 valence electrons. The maximum Gasteiger partial charge on any atom is 0.329 e. The highest BCUT2D eigenvalue weighted by molar-refractivity contribution is 5.96. The number of carbonyl (C=O) groups excluding carboxylic acids is 2. The molecule has 0 unspecified atom stereocenters. The molecule has 0 aliphatic carbocycles. The van der Waals surface area contributed by atoms with Gasteiger partial charge in [0.1, 0.15) is 17.9 Å². The fourth-order valence-corrected chi connectivity index (χ4v) is 1.48. The van der Waals surface area contributed by atoms with Crippen molar-refractivity contribution in [2.75, 3.05) is 0 Å². The van der Waals surface area contributed by atoms with Crippen LogP contribution in [0.2, 0.25) is 0 Å². The molecule has 0 saturated carbocycles. The topological polar surface area (TPSA) is 68.5 Å². The predicted octanol–water partition coefficient (Wildman–Crippen LogP) is 2.38. The van der Waals surface area contributed by atoms with E-state index in [0.29, 0.717) is 5.56 Å². The Morgan fingerprint density at radius 3 is 2.37 bits per heavy atom. The largest absolute Gasteiger partial charge is 0.472 e. The average molecular weight is 267 g/mol. The summed E-state index contributed by atoms with van der Waals surface area (Å²) in [6, 6.07) is 0.864. The van der Waals surface area contributed by atoms with Crippen molar-refractivity contribution in [2.24, 2.45) is 5.92 Å². The second-order valence-corrected chi connectivity index (χ2v) is 5.74. The van der Waals surface area contributed by atoms with Gasteiger partial charge in [0.25, 0.3) is 5.91 Å². The number of amides is 1. The first-order valence-electron chi connectivity index (χ1n) is 6.26. The van der Waals surface area contributed by atoms with Gasteiger partial charge in [0.05, 0.1) is 11.8 Å². The number of esters is 1. The van der Waals surface area contributed by atoms with Crippen molar-refractivity contribution in [1.29, 1.82) is 0 Å². The highest BCUT2D eigenvalue weighted by atomic mass is 16.6. The number of ether oxygens (including phenoxy) is 1. The summed E-state index contributed by atoms with van der Waals surface area (Å²) in [6.45, 7) is 9.08. The van der Waals surface area contributed by atoms with Crippen LogP contribution in [0, 0.1) is 5.92 Å². The van der Waals surface area contributed by atoms with E-state index < -0.39 is 17.6 Å². The van der Waals surface area contributed by atoms with E-state index in [1.54, 1.807) is 26.8 Å². The molecule has 0 saturated heterocycles. The van der Waals surface area contributed by atoms with Gasteiger partial charge in [-0.15, -0.1) is 0 Å². The lowest BCUT2D eigenvalue weighted by Gasteiger charge is -2.26.